The average Bonchev–Trinajstić information content (AvgIpc) is 3.02. The molecule has 1 aromatic rings. The van der Waals surface area contributed by atoms with Crippen molar-refractivity contribution in [3.05, 3.63) is 11.1 Å². The first-order chi connectivity index (χ1) is 8.15. The number of thiazole rings is 1. The van der Waals surface area contributed by atoms with Crippen LogP contribution in [0.4, 0.5) is 5.13 Å². The van der Waals surface area contributed by atoms with E-state index in [1.54, 1.807) is 5.38 Å². The fourth-order valence-electron chi connectivity index (χ4n) is 2.84. The van der Waals surface area contributed by atoms with Gasteiger partial charge in [-0.2, -0.15) is 0 Å². The van der Waals surface area contributed by atoms with Crippen molar-refractivity contribution in [3.8, 4) is 0 Å². The molecule has 0 radical (unpaired) electrons. The third kappa shape index (κ3) is 1.81. The van der Waals surface area contributed by atoms with Crippen LogP contribution in [0.1, 0.15) is 31.0 Å². The molecule has 6 heteroatoms. The average molecular weight is 253 g/mol. The first-order valence-corrected chi connectivity index (χ1v) is 6.73. The maximum Gasteiger partial charge on any atom is 0.326 e. The van der Waals surface area contributed by atoms with Crippen LogP contribution in [-0.2, 0) is 4.79 Å². The smallest absolute Gasteiger partial charge is 0.326 e. The SMILES string of the molecule is NC(C(=O)O)c1csc(N2CC3CCC2C3)n1. The fourth-order valence-corrected chi connectivity index (χ4v) is 3.78. The minimum Gasteiger partial charge on any atom is -0.480 e. The lowest BCUT2D eigenvalue weighted by atomic mass is 10.1. The summed E-state index contributed by atoms with van der Waals surface area (Å²) in [4.78, 5) is 17.5. The van der Waals surface area contributed by atoms with Gasteiger partial charge < -0.3 is 15.7 Å². The van der Waals surface area contributed by atoms with E-state index in [9.17, 15) is 4.79 Å². The highest BCUT2D eigenvalue weighted by Crippen LogP contribution is 2.41. The van der Waals surface area contributed by atoms with E-state index in [2.05, 4.69) is 9.88 Å². The van der Waals surface area contributed by atoms with E-state index in [1.807, 2.05) is 0 Å². The molecule has 1 aliphatic carbocycles. The molecule has 5 nitrogen and oxygen atoms in total. The van der Waals surface area contributed by atoms with Crippen LogP contribution in [0.2, 0.25) is 0 Å². The second-order valence-electron chi connectivity index (χ2n) is 4.86. The molecule has 0 aromatic carbocycles. The van der Waals surface area contributed by atoms with Crippen molar-refractivity contribution in [2.75, 3.05) is 11.4 Å². The summed E-state index contributed by atoms with van der Waals surface area (Å²) in [6.45, 7) is 1.07. The number of carboxylic acids is 1. The summed E-state index contributed by atoms with van der Waals surface area (Å²) in [5, 5.41) is 11.5. The molecule has 2 heterocycles. The number of hydrogen-bond donors (Lipinski definition) is 2. The van der Waals surface area contributed by atoms with Crippen LogP contribution in [0, 0.1) is 5.92 Å². The van der Waals surface area contributed by atoms with Gasteiger partial charge >= 0.3 is 5.97 Å². The number of carbonyl (C=O) groups is 1. The van der Waals surface area contributed by atoms with Gasteiger partial charge in [0.05, 0.1) is 5.69 Å². The Bertz CT molecular complexity index is 448. The topological polar surface area (TPSA) is 79.5 Å². The molecule has 17 heavy (non-hydrogen) atoms. The van der Waals surface area contributed by atoms with Crippen molar-refractivity contribution in [2.24, 2.45) is 11.7 Å². The van der Waals surface area contributed by atoms with Gasteiger partial charge in [0, 0.05) is 18.0 Å². The van der Waals surface area contributed by atoms with Gasteiger partial charge in [-0.15, -0.1) is 11.3 Å². The van der Waals surface area contributed by atoms with E-state index in [1.165, 1.54) is 30.6 Å². The van der Waals surface area contributed by atoms with Crippen LogP contribution in [0.15, 0.2) is 5.38 Å². The molecule has 1 saturated carbocycles. The molecule has 3 atom stereocenters. The van der Waals surface area contributed by atoms with E-state index >= 15 is 0 Å². The Morgan fingerprint density at radius 2 is 2.47 bits per heavy atom. The molecular weight excluding hydrogens is 238 g/mol. The van der Waals surface area contributed by atoms with Crippen LogP contribution < -0.4 is 10.6 Å². The van der Waals surface area contributed by atoms with E-state index < -0.39 is 12.0 Å². The van der Waals surface area contributed by atoms with Crippen molar-refractivity contribution >= 4 is 22.4 Å². The van der Waals surface area contributed by atoms with Crippen LogP contribution in [0.25, 0.3) is 0 Å². The molecule has 0 amide bonds. The second-order valence-corrected chi connectivity index (χ2v) is 5.69. The molecule has 92 valence electrons. The molecule has 1 aromatic heterocycles. The monoisotopic (exact) mass is 253 g/mol. The lowest BCUT2D eigenvalue weighted by molar-refractivity contribution is -0.138. The van der Waals surface area contributed by atoms with E-state index in [4.69, 9.17) is 10.8 Å². The van der Waals surface area contributed by atoms with Crippen molar-refractivity contribution in [2.45, 2.75) is 31.3 Å². The fraction of sp³-hybridized carbons (Fsp3) is 0.636. The molecule has 3 N–H and O–H groups in total. The Hall–Kier alpha value is -1.14. The van der Waals surface area contributed by atoms with Gasteiger partial charge in [0.2, 0.25) is 0 Å². The summed E-state index contributed by atoms with van der Waals surface area (Å²) in [5.41, 5.74) is 6.02. The predicted molar refractivity (Wildman–Crippen MR) is 65.2 cm³/mol. The first-order valence-electron chi connectivity index (χ1n) is 5.85. The molecule has 2 bridgehead atoms. The number of carboxylic acid groups (broad SMARTS) is 1. The maximum atomic E-state index is 10.8. The summed E-state index contributed by atoms with van der Waals surface area (Å²) < 4.78 is 0. The van der Waals surface area contributed by atoms with E-state index in [0.717, 1.165) is 17.6 Å². The van der Waals surface area contributed by atoms with Gasteiger partial charge in [0.15, 0.2) is 5.13 Å². The quantitative estimate of drug-likeness (QED) is 0.846. The highest BCUT2D eigenvalue weighted by atomic mass is 32.1. The Balaban J connectivity index is 1.79. The van der Waals surface area contributed by atoms with Crippen molar-refractivity contribution in [1.82, 2.24) is 4.98 Å². The maximum absolute atomic E-state index is 10.8. The normalized spacial score (nSPS) is 28.6. The number of anilines is 1. The van der Waals surface area contributed by atoms with Crippen molar-refractivity contribution in [3.63, 3.8) is 0 Å². The number of fused-ring (bicyclic) bond motifs is 2. The highest BCUT2D eigenvalue weighted by Gasteiger charge is 2.39. The summed E-state index contributed by atoms with van der Waals surface area (Å²) >= 11 is 1.50. The van der Waals surface area contributed by atoms with Crippen LogP contribution in [0.3, 0.4) is 0 Å². The standard InChI is InChI=1S/C11H15N3O2S/c12-9(10(15)16)8-5-17-11(13-8)14-4-6-1-2-7(14)3-6/h5-7,9H,1-4,12H2,(H,15,16). The molecule has 2 aliphatic rings. The molecule has 2 fully saturated rings. The first kappa shape index (κ1) is 11.0. The zero-order valence-corrected chi connectivity index (χ0v) is 10.2. The van der Waals surface area contributed by atoms with Gasteiger partial charge in [-0.05, 0) is 25.2 Å². The summed E-state index contributed by atoms with van der Waals surface area (Å²) in [7, 11) is 0. The second kappa shape index (κ2) is 3.96. The molecule has 0 spiro atoms. The number of piperidine rings is 1. The lowest BCUT2D eigenvalue weighted by Crippen LogP contribution is -2.31. The highest BCUT2D eigenvalue weighted by molar-refractivity contribution is 7.13. The Kier molecular flexibility index (Phi) is 2.56. The predicted octanol–water partition coefficient (Wildman–Crippen LogP) is 1.22. The zero-order valence-electron chi connectivity index (χ0n) is 9.37. The summed E-state index contributed by atoms with van der Waals surface area (Å²) in [6, 6.07) is -0.389. The number of aliphatic carboxylic acids is 1. The molecule has 3 unspecified atom stereocenters. The van der Waals surface area contributed by atoms with Gasteiger partial charge in [-0.3, -0.25) is 4.79 Å². The molecule has 1 aliphatic heterocycles. The zero-order chi connectivity index (χ0) is 12.0. The summed E-state index contributed by atoms with van der Waals surface area (Å²) in [6.07, 6.45) is 3.83. The minimum atomic E-state index is -1.02. The Morgan fingerprint density at radius 3 is 3.06 bits per heavy atom. The largest absolute Gasteiger partial charge is 0.480 e. The van der Waals surface area contributed by atoms with Gasteiger partial charge in [0.1, 0.15) is 6.04 Å². The molecule has 1 saturated heterocycles. The van der Waals surface area contributed by atoms with Crippen molar-refractivity contribution < 1.29 is 9.90 Å². The number of hydrogen-bond acceptors (Lipinski definition) is 5. The number of aromatic nitrogens is 1. The van der Waals surface area contributed by atoms with Crippen molar-refractivity contribution in [1.29, 1.82) is 0 Å². The summed E-state index contributed by atoms with van der Waals surface area (Å²) in [5.74, 6) is -0.217. The number of nitrogens with two attached hydrogens (primary N) is 1. The third-order valence-corrected chi connectivity index (χ3v) is 4.65. The lowest BCUT2D eigenvalue weighted by Gasteiger charge is -2.26. The van der Waals surface area contributed by atoms with Crippen LogP contribution in [0.5, 0.6) is 0 Å². The number of rotatable bonds is 3. The van der Waals surface area contributed by atoms with Gasteiger partial charge in [-0.1, -0.05) is 0 Å². The molecular formula is C11H15N3O2S. The molecule has 3 rings (SSSR count). The number of nitrogens with zero attached hydrogens (tertiary/aromatic N) is 2. The van der Waals surface area contributed by atoms with Gasteiger partial charge in [0.25, 0.3) is 0 Å². The van der Waals surface area contributed by atoms with Crippen LogP contribution in [-0.4, -0.2) is 28.6 Å². The van der Waals surface area contributed by atoms with Gasteiger partial charge in [-0.25, -0.2) is 4.98 Å². The van der Waals surface area contributed by atoms with E-state index in [-0.39, 0.29) is 0 Å². The third-order valence-electron chi connectivity index (χ3n) is 3.75. The Labute approximate surface area is 103 Å². The Morgan fingerprint density at radius 1 is 1.65 bits per heavy atom. The van der Waals surface area contributed by atoms with E-state index in [0.29, 0.717) is 11.7 Å². The van der Waals surface area contributed by atoms with Crippen LogP contribution >= 0.6 is 11.3 Å². The minimum absolute atomic E-state index is 0.472.